The first kappa shape index (κ1) is 17.8. The fraction of sp³-hybridized carbons (Fsp3) is 0.316. The van der Waals surface area contributed by atoms with Crippen molar-refractivity contribution in [2.24, 2.45) is 0 Å². The number of aromatic nitrogens is 1. The van der Waals surface area contributed by atoms with Crippen LogP contribution in [0.15, 0.2) is 42.6 Å². The predicted octanol–water partition coefficient (Wildman–Crippen LogP) is 3.18. The highest BCUT2D eigenvalue weighted by Gasteiger charge is 2.19. The third kappa shape index (κ3) is 4.78. The maximum Gasteiger partial charge on any atom is 0.342 e. The zero-order valence-electron chi connectivity index (χ0n) is 14.2. The number of carbonyl (C=O) groups is 2. The number of benzene rings is 1. The van der Waals surface area contributed by atoms with Crippen molar-refractivity contribution >= 4 is 23.4 Å². The Bertz CT molecular complexity index is 791. The van der Waals surface area contributed by atoms with E-state index in [1.54, 1.807) is 18.2 Å². The highest BCUT2D eigenvalue weighted by Crippen LogP contribution is 2.20. The van der Waals surface area contributed by atoms with E-state index in [1.165, 1.54) is 24.4 Å². The standard InChI is InChI=1S/C19H20FN3O3/c20-13-5-3-8-15(11-13)23-18-16(9-4-10-21-18)19(25)26-12-17(24)22-14-6-1-2-7-14/h3-5,8-11,14H,1-2,6-7,12H2,(H,21,23)(H,22,24). The lowest BCUT2D eigenvalue weighted by Gasteiger charge is -2.13. The molecule has 3 rings (SSSR count). The van der Waals surface area contributed by atoms with E-state index in [0.717, 1.165) is 25.7 Å². The molecule has 2 N–H and O–H groups in total. The van der Waals surface area contributed by atoms with Crippen LogP contribution < -0.4 is 10.6 Å². The molecule has 136 valence electrons. The first-order valence-electron chi connectivity index (χ1n) is 8.56. The van der Waals surface area contributed by atoms with Crippen LogP contribution in [0.5, 0.6) is 0 Å². The van der Waals surface area contributed by atoms with Gasteiger partial charge in [-0.15, -0.1) is 0 Å². The van der Waals surface area contributed by atoms with E-state index in [-0.39, 0.29) is 29.9 Å². The van der Waals surface area contributed by atoms with E-state index in [4.69, 9.17) is 4.74 Å². The Morgan fingerprint density at radius 3 is 2.77 bits per heavy atom. The van der Waals surface area contributed by atoms with Crippen molar-refractivity contribution in [3.63, 3.8) is 0 Å². The Balaban J connectivity index is 1.61. The summed E-state index contributed by atoms with van der Waals surface area (Å²) in [5.74, 6) is -1.15. The highest BCUT2D eigenvalue weighted by molar-refractivity contribution is 5.96. The average molecular weight is 357 g/mol. The van der Waals surface area contributed by atoms with Gasteiger partial charge in [-0.3, -0.25) is 4.79 Å². The van der Waals surface area contributed by atoms with Crippen molar-refractivity contribution in [2.75, 3.05) is 11.9 Å². The minimum absolute atomic E-state index is 0.171. The second-order valence-corrected chi connectivity index (χ2v) is 6.16. The zero-order valence-corrected chi connectivity index (χ0v) is 14.2. The molecule has 26 heavy (non-hydrogen) atoms. The summed E-state index contributed by atoms with van der Waals surface area (Å²) in [6.07, 6.45) is 5.64. The fourth-order valence-corrected chi connectivity index (χ4v) is 2.92. The molecule has 1 heterocycles. The van der Waals surface area contributed by atoms with Crippen LogP contribution in [0.1, 0.15) is 36.0 Å². The molecular weight excluding hydrogens is 337 g/mol. The normalized spacial score (nSPS) is 14.0. The molecular formula is C19H20FN3O3. The number of anilines is 2. The van der Waals surface area contributed by atoms with Crippen molar-refractivity contribution in [1.29, 1.82) is 0 Å². The number of rotatable bonds is 6. The second kappa shape index (κ2) is 8.42. The van der Waals surface area contributed by atoms with Gasteiger partial charge in [0.2, 0.25) is 0 Å². The van der Waals surface area contributed by atoms with Gasteiger partial charge in [0.1, 0.15) is 17.2 Å². The summed E-state index contributed by atoms with van der Waals surface area (Å²) in [6, 6.07) is 9.11. The molecule has 1 fully saturated rings. The van der Waals surface area contributed by atoms with E-state index in [2.05, 4.69) is 15.6 Å². The number of halogens is 1. The summed E-state index contributed by atoms with van der Waals surface area (Å²) in [5, 5.41) is 5.75. The van der Waals surface area contributed by atoms with E-state index in [0.29, 0.717) is 5.69 Å². The number of amides is 1. The zero-order chi connectivity index (χ0) is 18.4. The molecule has 1 aromatic carbocycles. The van der Waals surface area contributed by atoms with E-state index >= 15 is 0 Å². The van der Waals surface area contributed by atoms with Gasteiger partial charge in [-0.2, -0.15) is 0 Å². The van der Waals surface area contributed by atoms with Crippen molar-refractivity contribution in [3.8, 4) is 0 Å². The van der Waals surface area contributed by atoms with E-state index < -0.39 is 11.8 Å². The number of ether oxygens (including phenoxy) is 1. The summed E-state index contributed by atoms with van der Waals surface area (Å²) < 4.78 is 18.4. The third-order valence-corrected chi connectivity index (χ3v) is 4.17. The minimum atomic E-state index is -0.668. The van der Waals surface area contributed by atoms with Gasteiger partial charge in [-0.1, -0.05) is 18.9 Å². The number of hydrogen-bond donors (Lipinski definition) is 2. The molecule has 0 radical (unpaired) electrons. The smallest absolute Gasteiger partial charge is 0.342 e. The summed E-state index contributed by atoms with van der Waals surface area (Å²) in [5.41, 5.74) is 0.627. The lowest BCUT2D eigenvalue weighted by atomic mass is 10.2. The molecule has 1 amide bonds. The first-order chi connectivity index (χ1) is 12.6. The Morgan fingerprint density at radius 2 is 2.00 bits per heavy atom. The van der Waals surface area contributed by atoms with Crippen LogP contribution in [0.2, 0.25) is 0 Å². The monoisotopic (exact) mass is 357 g/mol. The van der Waals surface area contributed by atoms with Crippen molar-refractivity contribution in [2.45, 2.75) is 31.7 Å². The third-order valence-electron chi connectivity index (χ3n) is 4.17. The maximum atomic E-state index is 13.3. The summed E-state index contributed by atoms with van der Waals surface area (Å²) in [7, 11) is 0. The SMILES string of the molecule is O=C(COC(=O)c1cccnc1Nc1cccc(F)c1)NC1CCCC1. The Hall–Kier alpha value is -2.96. The topological polar surface area (TPSA) is 80.3 Å². The van der Waals surface area contributed by atoms with E-state index in [1.807, 2.05) is 0 Å². The van der Waals surface area contributed by atoms with Gasteiger partial charge < -0.3 is 15.4 Å². The van der Waals surface area contributed by atoms with Crippen LogP contribution >= 0.6 is 0 Å². The highest BCUT2D eigenvalue weighted by atomic mass is 19.1. The van der Waals surface area contributed by atoms with Crippen LogP contribution in [0.4, 0.5) is 15.9 Å². The molecule has 1 aliphatic rings. The Labute approximate surface area is 150 Å². The number of esters is 1. The summed E-state index contributed by atoms with van der Waals surface area (Å²) >= 11 is 0. The van der Waals surface area contributed by atoms with Gasteiger partial charge in [0, 0.05) is 17.9 Å². The molecule has 0 spiro atoms. The molecule has 1 aromatic heterocycles. The fourth-order valence-electron chi connectivity index (χ4n) is 2.92. The van der Waals surface area contributed by atoms with Crippen molar-refractivity contribution < 1.29 is 18.7 Å². The van der Waals surface area contributed by atoms with Crippen LogP contribution in [0, 0.1) is 5.82 Å². The number of carbonyl (C=O) groups excluding carboxylic acids is 2. The summed E-state index contributed by atoms with van der Waals surface area (Å²) in [6.45, 7) is -0.344. The predicted molar refractivity (Wildman–Crippen MR) is 94.6 cm³/mol. The number of pyridine rings is 1. The molecule has 0 atom stereocenters. The minimum Gasteiger partial charge on any atom is -0.452 e. The first-order valence-corrected chi connectivity index (χ1v) is 8.56. The lowest BCUT2D eigenvalue weighted by molar-refractivity contribution is -0.124. The quantitative estimate of drug-likeness (QED) is 0.776. The molecule has 1 aliphatic carbocycles. The van der Waals surface area contributed by atoms with Crippen LogP contribution in [0.3, 0.4) is 0 Å². The molecule has 0 unspecified atom stereocenters. The number of nitrogens with one attached hydrogen (secondary N) is 2. The van der Waals surface area contributed by atoms with Gasteiger partial charge in [-0.25, -0.2) is 14.2 Å². The van der Waals surface area contributed by atoms with Gasteiger partial charge >= 0.3 is 5.97 Å². The van der Waals surface area contributed by atoms with Gasteiger partial charge in [0.15, 0.2) is 6.61 Å². The largest absolute Gasteiger partial charge is 0.452 e. The van der Waals surface area contributed by atoms with Gasteiger partial charge in [0.05, 0.1) is 0 Å². The maximum absolute atomic E-state index is 13.3. The molecule has 0 bridgehead atoms. The summed E-state index contributed by atoms with van der Waals surface area (Å²) in [4.78, 5) is 28.3. The average Bonchev–Trinajstić information content (AvgIpc) is 3.13. The van der Waals surface area contributed by atoms with Crippen molar-refractivity contribution in [1.82, 2.24) is 10.3 Å². The molecule has 2 aromatic rings. The molecule has 6 nitrogen and oxygen atoms in total. The number of hydrogen-bond acceptors (Lipinski definition) is 5. The Morgan fingerprint density at radius 1 is 1.19 bits per heavy atom. The second-order valence-electron chi connectivity index (χ2n) is 6.16. The molecule has 7 heteroatoms. The van der Waals surface area contributed by atoms with Crippen LogP contribution in [-0.2, 0) is 9.53 Å². The number of nitrogens with zero attached hydrogens (tertiary/aromatic N) is 1. The molecule has 0 aliphatic heterocycles. The van der Waals surface area contributed by atoms with E-state index in [9.17, 15) is 14.0 Å². The van der Waals surface area contributed by atoms with Gasteiger partial charge in [-0.05, 0) is 43.2 Å². The van der Waals surface area contributed by atoms with Crippen molar-refractivity contribution in [3.05, 3.63) is 54.0 Å². The Kier molecular flexibility index (Phi) is 5.78. The van der Waals surface area contributed by atoms with Crippen LogP contribution in [0.25, 0.3) is 0 Å². The molecule has 1 saturated carbocycles. The van der Waals surface area contributed by atoms with Gasteiger partial charge in [0.25, 0.3) is 5.91 Å². The lowest BCUT2D eigenvalue weighted by Crippen LogP contribution is -2.35. The van der Waals surface area contributed by atoms with Crippen LogP contribution in [-0.4, -0.2) is 29.5 Å². The molecule has 0 saturated heterocycles.